The molecule has 8 nitrogen and oxygen atoms in total. The Morgan fingerprint density at radius 3 is 2.72 bits per heavy atom. The van der Waals surface area contributed by atoms with Gasteiger partial charge in [-0.05, 0) is 55.9 Å². The van der Waals surface area contributed by atoms with E-state index in [2.05, 4.69) is 25.6 Å². The number of fused-ring (bicyclic) bond motifs is 1. The summed E-state index contributed by atoms with van der Waals surface area (Å²) in [5, 5.41) is 11.5. The molecule has 0 saturated carbocycles. The molecule has 0 spiro atoms. The van der Waals surface area contributed by atoms with Crippen molar-refractivity contribution in [2.24, 2.45) is 0 Å². The van der Waals surface area contributed by atoms with E-state index in [0.29, 0.717) is 6.42 Å². The lowest BCUT2D eigenvalue weighted by atomic mass is 9.90. The molecule has 1 aliphatic carbocycles. The average Bonchev–Trinajstić information content (AvgIpc) is 2.72. The molecule has 154 valence electrons. The smallest absolute Gasteiger partial charge is 0.328 e. The summed E-state index contributed by atoms with van der Waals surface area (Å²) >= 11 is 0. The number of nitrogens with zero attached hydrogens (tertiary/aromatic N) is 1. The third kappa shape index (κ3) is 4.79. The van der Waals surface area contributed by atoms with Crippen LogP contribution in [0.1, 0.15) is 42.1 Å². The van der Waals surface area contributed by atoms with Gasteiger partial charge in [-0.2, -0.15) is 5.10 Å². The first-order valence-corrected chi connectivity index (χ1v) is 9.42. The van der Waals surface area contributed by atoms with Crippen LogP contribution >= 0.6 is 0 Å². The lowest BCUT2D eigenvalue weighted by Gasteiger charge is -2.17. The molecular weight excluding hydrogens is 379 g/mol. The highest BCUT2D eigenvalue weighted by atomic mass is 19.1. The van der Waals surface area contributed by atoms with Crippen LogP contribution in [-0.4, -0.2) is 35.3 Å². The summed E-state index contributed by atoms with van der Waals surface area (Å²) in [6.07, 6.45) is 3.90. The van der Waals surface area contributed by atoms with Gasteiger partial charge < -0.3 is 15.4 Å². The Bertz CT molecular complexity index is 989. The third-order valence-corrected chi connectivity index (χ3v) is 4.94. The van der Waals surface area contributed by atoms with E-state index in [1.54, 1.807) is 6.07 Å². The number of H-pyrrole nitrogens is 1. The number of carbonyl (C=O) groups is 2. The number of nitrogens with one attached hydrogen (secondary N) is 3. The van der Waals surface area contributed by atoms with E-state index in [9.17, 15) is 18.8 Å². The summed E-state index contributed by atoms with van der Waals surface area (Å²) in [6.45, 7) is 1.46. The summed E-state index contributed by atoms with van der Waals surface area (Å²) in [7, 11) is 1.21. The molecule has 0 radical (unpaired) electrons. The minimum atomic E-state index is -0.872. The van der Waals surface area contributed by atoms with E-state index in [1.165, 1.54) is 26.2 Å². The van der Waals surface area contributed by atoms with Gasteiger partial charge in [-0.3, -0.25) is 4.79 Å². The molecule has 0 saturated heterocycles. The number of urea groups is 1. The molecule has 1 aliphatic rings. The summed E-state index contributed by atoms with van der Waals surface area (Å²) < 4.78 is 18.7. The number of carbonyl (C=O) groups excluding carboxylic acids is 2. The average molecular weight is 402 g/mol. The fourth-order valence-electron chi connectivity index (χ4n) is 3.44. The minimum Gasteiger partial charge on any atom is -0.467 e. The first-order chi connectivity index (χ1) is 13.9. The Hall–Kier alpha value is -3.23. The number of rotatable bonds is 5. The van der Waals surface area contributed by atoms with E-state index in [-0.39, 0.29) is 11.2 Å². The monoisotopic (exact) mass is 402 g/mol. The van der Waals surface area contributed by atoms with Gasteiger partial charge in [-0.25, -0.2) is 19.1 Å². The Morgan fingerprint density at radius 2 is 2.00 bits per heavy atom. The van der Waals surface area contributed by atoms with E-state index in [4.69, 9.17) is 0 Å². The quantitative estimate of drug-likeness (QED) is 0.663. The Labute approximate surface area is 166 Å². The van der Waals surface area contributed by atoms with Crippen molar-refractivity contribution in [1.29, 1.82) is 0 Å². The molecule has 1 aromatic heterocycles. The molecule has 9 heteroatoms. The number of halogens is 1. The third-order valence-electron chi connectivity index (χ3n) is 4.94. The molecular formula is C20H23FN4O4. The Balaban J connectivity index is 1.77. The lowest BCUT2D eigenvalue weighted by molar-refractivity contribution is -0.142. The molecule has 2 aromatic rings. The van der Waals surface area contributed by atoms with Gasteiger partial charge in [0, 0.05) is 12.0 Å². The largest absolute Gasteiger partial charge is 0.467 e. The van der Waals surface area contributed by atoms with E-state index in [1.807, 2.05) is 0 Å². The molecule has 0 aliphatic heterocycles. The maximum Gasteiger partial charge on any atom is 0.328 e. The van der Waals surface area contributed by atoms with Crippen LogP contribution in [-0.2, 0) is 28.8 Å². The molecule has 1 aromatic carbocycles. The maximum atomic E-state index is 14.2. The first-order valence-electron chi connectivity index (χ1n) is 9.42. The SMILES string of the molecule is COC(=O)C(C)NC(=O)Nc1cc(Cc2n[nH]c(=O)c3c2CCCC3)ccc1F. The number of hydrogen-bond acceptors (Lipinski definition) is 5. The van der Waals surface area contributed by atoms with Crippen molar-refractivity contribution in [3.05, 3.63) is 56.8 Å². The first kappa shape index (κ1) is 20.5. The van der Waals surface area contributed by atoms with E-state index in [0.717, 1.165) is 48.1 Å². The van der Waals surface area contributed by atoms with Gasteiger partial charge in [0.15, 0.2) is 0 Å². The van der Waals surface area contributed by atoms with Crippen LogP contribution in [0.25, 0.3) is 0 Å². The number of hydrogen-bond donors (Lipinski definition) is 3. The predicted molar refractivity (Wildman–Crippen MR) is 104 cm³/mol. The van der Waals surface area contributed by atoms with Crippen LogP contribution in [0.5, 0.6) is 0 Å². The van der Waals surface area contributed by atoms with Crippen LogP contribution in [0.3, 0.4) is 0 Å². The number of benzene rings is 1. The van der Waals surface area contributed by atoms with Crippen molar-refractivity contribution >= 4 is 17.7 Å². The van der Waals surface area contributed by atoms with Crippen molar-refractivity contribution in [2.75, 3.05) is 12.4 Å². The standard InChI is InChI=1S/C20H23FN4O4/c1-11(19(27)29-2)22-20(28)23-17-10-12(7-8-15(17)21)9-16-13-5-3-4-6-14(13)18(26)25-24-16/h7-8,10-11H,3-6,9H2,1-2H3,(H,25,26)(H2,22,23,28). The highest BCUT2D eigenvalue weighted by Gasteiger charge is 2.19. The molecule has 0 fully saturated rings. The molecule has 1 unspecified atom stereocenters. The zero-order valence-electron chi connectivity index (χ0n) is 16.3. The van der Waals surface area contributed by atoms with Gasteiger partial charge in [-0.1, -0.05) is 6.07 Å². The van der Waals surface area contributed by atoms with Crippen molar-refractivity contribution in [2.45, 2.75) is 45.1 Å². The zero-order valence-corrected chi connectivity index (χ0v) is 16.3. The number of amides is 2. The molecule has 2 amide bonds. The molecule has 1 heterocycles. The van der Waals surface area contributed by atoms with Crippen molar-refractivity contribution in [3.63, 3.8) is 0 Å². The normalized spacial score (nSPS) is 13.9. The van der Waals surface area contributed by atoms with Gasteiger partial charge in [0.05, 0.1) is 18.5 Å². The fraction of sp³-hybridized carbons (Fsp3) is 0.400. The van der Waals surface area contributed by atoms with Crippen molar-refractivity contribution in [1.82, 2.24) is 15.5 Å². The second-order valence-electron chi connectivity index (χ2n) is 7.00. The molecule has 0 bridgehead atoms. The van der Waals surface area contributed by atoms with Crippen LogP contribution in [0, 0.1) is 5.82 Å². The van der Waals surface area contributed by atoms with Crippen molar-refractivity contribution in [3.8, 4) is 0 Å². The number of methoxy groups -OCH3 is 1. The van der Waals surface area contributed by atoms with E-state index < -0.39 is 23.9 Å². The van der Waals surface area contributed by atoms with Gasteiger partial charge >= 0.3 is 12.0 Å². The fourth-order valence-corrected chi connectivity index (χ4v) is 3.44. The lowest BCUT2D eigenvalue weighted by Crippen LogP contribution is -2.41. The summed E-state index contributed by atoms with van der Waals surface area (Å²) in [4.78, 5) is 35.4. The van der Waals surface area contributed by atoms with Crippen LogP contribution < -0.4 is 16.2 Å². The summed E-state index contributed by atoms with van der Waals surface area (Å²) in [5.74, 6) is -1.21. The summed E-state index contributed by atoms with van der Waals surface area (Å²) in [5.41, 5.74) is 3.05. The molecule has 29 heavy (non-hydrogen) atoms. The highest BCUT2D eigenvalue weighted by Crippen LogP contribution is 2.23. The summed E-state index contributed by atoms with van der Waals surface area (Å²) in [6, 6.07) is 2.78. The van der Waals surface area contributed by atoms with Gasteiger partial charge in [0.25, 0.3) is 5.56 Å². The minimum absolute atomic E-state index is 0.0182. The molecule has 1 atom stereocenters. The van der Waals surface area contributed by atoms with Gasteiger partial charge in [0.2, 0.25) is 0 Å². The van der Waals surface area contributed by atoms with Crippen LogP contribution in [0.15, 0.2) is 23.0 Å². The number of ether oxygens (including phenoxy) is 1. The van der Waals surface area contributed by atoms with E-state index >= 15 is 0 Å². The number of anilines is 1. The van der Waals surface area contributed by atoms with Crippen molar-refractivity contribution < 1.29 is 18.7 Å². The Morgan fingerprint density at radius 1 is 1.28 bits per heavy atom. The zero-order chi connectivity index (χ0) is 21.0. The second kappa shape index (κ2) is 8.85. The Kier molecular flexibility index (Phi) is 6.26. The maximum absolute atomic E-state index is 14.2. The molecule has 3 rings (SSSR count). The molecule has 3 N–H and O–H groups in total. The predicted octanol–water partition coefficient (Wildman–Crippen LogP) is 2.06. The second-order valence-corrected chi connectivity index (χ2v) is 7.00. The van der Waals surface area contributed by atoms with Crippen LogP contribution in [0.2, 0.25) is 0 Å². The topological polar surface area (TPSA) is 113 Å². The van der Waals surface area contributed by atoms with Gasteiger partial charge in [0.1, 0.15) is 11.9 Å². The number of esters is 1. The highest BCUT2D eigenvalue weighted by molar-refractivity contribution is 5.92. The van der Waals surface area contributed by atoms with Gasteiger partial charge in [-0.15, -0.1) is 0 Å². The number of aromatic nitrogens is 2. The van der Waals surface area contributed by atoms with Crippen LogP contribution in [0.4, 0.5) is 14.9 Å². The number of aromatic amines is 1.